The van der Waals surface area contributed by atoms with Gasteiger partial charge in [0.05, 0.1) is 18.7 Å². The molecule has 37 heavy (non-hydrogen) atoms. The van der Waals surface area contributed by atoms with Gasteiger partial charge in [0, 0.05) is 24.7 Å². The van der Waals surface area contributed by atoms with Crippen LogP contribution in [0.2, 0.25) is 5.02 Å². The largest absolute Gasteiger partial charge is 0.497 e. The average Bonchev–Trinajstić information content (AvgIpc) is 2.81. The molecule has 1 atom stereocenters. The van der Waals surface area contributed by atoms with Gasteiger partial charge in [-0.05, 0) is 76.6 Å². The van der Waals surface area contributed by atoms with Crippen molar-refractivity contribution in [3.63, 3.8) is 0 Å². The molecular formula is C27H36ClFN2O6. The van der Waals surface area contributed by atoms with Gasteiger partial charge in [0.15, 0.2) is 0 Å². The Kier molecular flexibility index (Phi) is 11.5. The average molecular weight is 539 g/mol. The third-order valence-corrected chi connectivity index (χ3v) is 5.55. The van der Waals surface area contributed by atoms with E-state index >= 15 is 0 Å². The van der Waals surface area contributed by atoms with Gasteiger partial charge in [-0.2, -0.15) is 0 Å². The van der Waals surface area contributed by atoms with Crippen LogP contribution in [-0.2, 0) is 20.9 Å². The van der Waals surface area contributed by atoms with Gasteiger partial charge >= 0.3 is 12.1 Å². The maximum absolute atomic E-state index is 14.3. The zero-order valence-electron chi connectivity index (χ0n) is 22.2. The summed E-state index contributed by atoms with van der Waals surface area (Å²) < 4.78 is 35.7. The molecular weight excluding hydrogens is 503 g/mol. The minimum atomic E-state index is -0.720. The summed E-state index contributed by atoms with van der Waals surface area (Å²) in [5.41, 5.74) is 0.532. The van der Waals surface area contributed by atoms with Gasteiger partial charge in [0.1, 0.15) is 36.1 Å². The summed E-state index contributed by atoms with van der Waals surface area (Å²) in [4.78, 5) is 25.9. The Morgan fingerprint density at radius 2 is 1.78 bits per heavy atom. The van der Waals surface area contributed by atoms with Crippen molar-refractivity contribution < 1.29 is 32.9 Å². The molecule has 0 fully saturated rings. The second-order valence-corrected chi connectivity index (χ2v) is 9.71. The third kappa shape index (κ3) is 10.1. The van der Waals surface area contributed by atoms with Crippen molar-refractivity contribution in [3.8, 4) is 11.5 Å². The molecule has 2 aromatic carbocycles. The first-order chi connectivity index (χ1) is 17.4. The molecule has 2 rings (SSSR count). The van der Waals surface area contributed by atoms with Gasteiger partial charge < -0.3 is 24.3 Å². The number of nitrogens with one attached hydrogen (secondary N) is 1. The Bertz CT molecular complexity index is 1040. The predicted molar refractivity (Wildman–Crippen MR) is 140 cm³/mol. The number of hydrogen-bond acceptors (Lipinski definition) is 7. The predicted octanol–water partition coefficient (Wildman–Crippen LogP) is 5.52. The summed E-state index contributed by atoms with van der Waals surface area (Å²) in [6.07, 6.45) is -0.627. The highest BCUT2D eigenvalue weighted by Crippen LogP contribution is 2.29. The van der Waals surface area contributed by atoms with E-state index in [0.717, 1.165) is 0 Å². The molecule has 1 amide bonds. The van der Waals surface area contributed by atoms with Gasteiger partial charge in [-0.1, -0.05) is 11.6 Å². The maximum Gasteiger partial charge on any atom is 0.410 e. The fourth-order valence-electron chi connectivity index (χ4n) is 3.44. The molecule has 0 saturated heterocycles. The van der Waals surface area contributed by atoms with E-state index in [2.05, 4.69) is 5.32 Å². The van der Waals surface area contributed by atoms with Crippen LogP contribution in [0.15, 0.2) is 36.4 Å². The molecule has 0 aliphatic rings. The molecule has 2 aromatic rings. The van der Waals surface area contributed by atoms with Crippen LogP contribution in [0.1, 0.15) is 51.8 Å². The van der Waals surface area contributed by atoms with E-state index in [4.69, 9.17) is 30.5 Å². The summed E-state index contributed by atoms with van der Waals surface area (Å²) in [5.74, 6) is 0.310. The van der Waals surface area contributed by atoms with E-state index in [0.29, 0.717) is 29.2 Å². The van der Waals surface area contributed by atoms with Crippen LogP contribution < -0.4 is 14.8 Å². The molecule has 0 aliphatic carbocycles. The Morgan fingerprint density at radius 1 is 1.14 bits per heavy atom. The molecule has 0 heterocycles. The minimum absolute atomic E-state index is 0.125. The van der Waals surface area contributed by atoms with Crippen molar-refractivity contribution >= 4 is 23.7 Å². The topological polar surface area (TPSA) is 86.3 Å². The van der Waals surface area contributed by atoms with Crippen LogP contribution in [0.25, 0.3) is 0 Å². The lowest BCUT2D eigenvalue weighted by atomic mass is 10.0. The van der Waals surface area contributed by atoms with E-state index in [-0.39, 0.29) is 37.4 Å². The number of methoxy groups -OCH3 is 1. The second kappa shape index (κ2) is 14.0. The first-order valence-corrected chi connectivity index (χ1v) is 12.4. The zero-order chi connectivity index (χ0) is 27.6. The van der Waals surface area contributed by atoms with E-state index in [1.807, 2.05) is 6.92 Å². The fraction of sp³-hybridized carbons (Fsp3) is 0.481. The molecule has 10 heteroatoms. The summed E-state index contributed by atoms with van der Waals surface area (Å²) in [5, 5.41) is 3.51. The summed E-state index contributed by atoms with van der Waals surface area (Å²) >= 11 is 6.38. The van der Waals surface area contributed by atoms with Crippen LogP contribution in [0.3, 0.4) is 0 Å². The van der Waals surface area contributed by atoms with Gasteiger partial charge in [0.2, 0.25) is 0 Å². The van der Waals surface area contributed by atoms with Crippen molar-refractivity contribution in [2.75, 3.05) is 33.4 Å². The van der Waals surface area contributed by atoms with E-state index in [1.54, 1.807) is 59.1 Å². The van der Waals surface area contributed by atoms with E-state index in [9.17, 15) is 14.0 Å². The minimum Gasteiger partial charge on any atom is -0.497 e. The second-order valence-electron chi connectivity index (χ2n) is 9.30. The Morgan fingerprint density at radius 3 is 2.38 bits per heavy atom. The number of hydrogen-bond donors (Lipinski definition) is 1. The normalized spacial score (nSPS) is 12.0. The van der Waals surface area contributed by atoms with Crippen molar-refractivity contribution in [3.05, 3.63) is 58.4 Å². The van der Waals surface area contributed by atoms with E-state index in [1.165, 1.54) is 17.0 Å². The highest BCUT2D eigenvalue weighted by atomic mass is 35.5. The zero-order valence-corrected chi connectivity index (χ0v) is 23.0. The molecule has 0 bridgehead atoms. The molecule has 8 nitrogen and oxygen atoms in total. The monoisotopic (exact) mass is 538 g/mol. The first kappa shape index (κ1) is 30.2. The number of rotatable bonds is 12. The lowest BCUT2D eigenvalue weighted by molar-refractivity contribution is -0.144. The number of ether oxygens (including phenoxy) is 4. The fourth-order valence-corrected chi connectivity index (χ4v) is 3.71. The number of esters is 1. The van der Waals surface area contributed by atoms with Crippen LogP contribution in [0.4, 0.5) is 9.18 Å². The van der Waals surface area contributed by atoms with Crippen LogP contribution in [0.5, 0.6) is 11.5 Å². The molecule has 0 saturated carbocycles. The highest BCUT2D eigenvalue weighted by Gasteiger charge is 2.25. The molecule has 0 spiro atoms. The van der Waals surface area contributed by atoms with Gasteiger partial charge in [-0.25, -0.2) is 9.18 Å². The van der Waals surface area contributed by atoms with Gasteiger partial charge in [0.25, 0.3) is 0 Å². The van der Waals surface area contributed by atoms with Gasteiger partial charge in [-0.15, -0.1) is 0 Å². The van der Waals surface area contributed by atoms with Crippen LogP contribution in [-0.4, -0.2) is 55.9 Å². The standard InChI is InChI=1S/C27H36ClFN2O6/c1-7-35-25(32)16-31(26(33)37-27(3,4)5)13-12-30-18(2)22-14-19(29)15-24(28)23(22)17-36-21-10-8-20(34-6)9-11-21/h8-11,14-15,18,30H,7,12-13,16-17H2,1-6H3/t18-/m0/s1. The van der Waals surface area contributed by atoms with Crippen molar-refractivity contribution in [2.24, 2.45) is 0 Å². The summed E-state index contributed by atoms with van der Waals surface area (Å²) in [6.45, 7) is 9.34. The maximum atomic E-state index is 14.3. The number of amides is 1. The van der Waals surface area contributed by atoms with Crippen molar-refractivity contribution in [1.29, 1.82) is 0 Å². The SMILES string of the molecule is CCOC(=O)CN(CCN[C@@H](C)c1cc(F)cc(Cl)c1COc1ccc(OC)cc1)C(=O)OC(C)(C)C. The lowest BCUT2D eigenvalue weighted by Crippen LogP contribution is -2.43. The molecule has 0 aromatic heterocycles. The van der Waals surface area contributed by atoms with Crippen LogP contribution in [0, 0.1) is 5.82 Å². The number of halogens is 2. The van der Waals surface area contributed by atoms with Crippen LogP contribution >= 0.6 is 11.6 Å². The van der Waals surface area contributed by atoms with Gasteiger partial charge in [-0.3, -0.25) is 9.69 Å². The molecule has 204 valence electrons. The highest BCUT2D eigenvalue weighted by molar-refractivity contribution is 6.31. The number of carbonyl (C=O) groups is 2. The van der Waals surface area contributed by atoms with E-state index < -0.39 is 23.5 Å². The molecule has 0 radical (unpaired) electrons. The number of carbonyl (C=O) groups excluding carboxylic acids is 2. The summed E-state index contributed by atoms with van der Waals surface area (Å²) in [6, 6.07) is 9.40. The Balaban J connectivity index is 2.09. The number of benzene rings is 2. The number of nitrogens with zero attached hydrogens (tertiary/aromatic N) is 1. The third-order valence-electron chi connectivity index (χ3n) is 5.21. The molecule has 1 N–H and O–H groups in total. The lowest BCUT2D eigenvalue weighted by Gasteiger charge is -2.27. The Labute approximate surface area is 223 Å². The summed E-state index contributed by atoms with van der Waals surface area (Å²) in [7, 11) is 1.58. The van der Waals surface area contributed by atoms with Crippen molar-refractivity contribution in [1.82, 2.24) is 10.2 Å². The smallest absolute Gasteiger partial charge is 0.410 e. The quantitative estimate of drug-likeness (QED) is 0.356. The first-order valence-electron chi connectivity index (χ1n) is 12.0. The Hall–Kier alpha value is -3.04. The molecule has 0 unspecified atom stereocenters. The molecule has 0 aliphatic heterocycles. The van der Waals surface area contributed by atoms with Crippen molar-refractivity contribution in [2.45, 2.75) is 52.9 Å².